The van der Waals surface area contributed by atoms with Gasteiger partial charge in [0, 0.05) is 25.0 Å². The lowest BCUT2D eigenvalue weighted by Gasteiger charge is -2.19. The van der Waals surface area contributed by atoms with Gasteiger partial charge in [0.2, 0.25) is 0 Å². The van der Waals surface area contributed by atoms with Gasteiger partial charge in [-0.1, -0.05) is 24.3 Å². The summed E-state index contributed by atoms with van der Waals surface area (Å²) in [4.78, 5) is 18.8. The number of hydrogen-bond acceptors (Lipinski definition) is 4. The van der Waals surface area contributed by atoms with Crippen molar-refractivity contribution < 1.29 is 4.74 Å². The van der Waals surface area contributed by atoms with Gasteiger partial charge < -0.3 is 9.64 Å². The largest absolute Gasteiger partial charge is 0.457 e. The van der Waals surface area contributed by atoms with E-state index in [1.165, 1.54) is 0 Å². The summed E-state index contributed by atoms with van der Waals surface area (Å²) in [6.45, 7) is 0.541. The molecule has 0 N–H and O–H groups in total. The van der Waals surface area contributed by atoms with E-state index in [0.29, 0.717) is 12.2 Å². The summed E-state index contributed by atoms with van der Waals surface area (Å²) in [5.74, 6) is 1.58. The average molecular weight is 357 g/mol. The fourth-order valence-corrected chi connectivity index (χ4v) is 2.91. The normalized spacial score (nSPS) is 10.7. The lowest BCUT2D eigenvalue weighted by Crippen LogP contribution is -2.21. The maximum absolute atomic E-state index is 12.2. The highest BCUT2D eigenvalue weighted by atomic mass is 16.5. The highest BCUT2D eigenvalue weighted by Gasteiger charge is 2.07. The second kappa shape index (κ2) is 7.33. The Morgan fingerprint density at radius 3 is 2.41 bits per heavy atom. The Hall–Kier alpha value is -3.60. The first-order valence-corrected chi connectivity index (χ1v) is 8.70. The molecule has 2 heterocycles. The monoisotopic (exact) mass is 357 g/mol. The smallest absolute Gasteiger partial charge is 0.258 e. The molecule has 4 aromatic rings. The third-order valence-electron chi connectivity index (χ3n) is 4.28. The molecule has 0 atom stereocenters. The zero-order valence-electron chi connectivity index (χ0n) is 14.9. The molecule has 5 nitrogen and oxygen atoms in total. The molecule has 0 amide bonds. The van der Waals surface area contributed by atoms with Gasteiger partial charge in [-0.25, -0.2) is 4.98 Å². The van der Waals surface area contributed by atoms with Crippen LogP contribution in [0.1, 0.15) is 5.69 Å². The number of anilines is 1. The molecule has 0 saturated heterocycles. The number of para-hydroxylation sites is 1. The number of pyridine rings is 1. The van der Waals surface area contributed by atoms with Crippen LogP contribution >= 0.6 is 0 Å². The molecule has 2 aromatic carbocycles. The van der Waals surface area contributed by atoms with Crippen LogP contribution in [0.25, 0.3) is 5.65 Å². The molecule has 0 unspecified atom stereocenters. The number of ether oxygens (including phenoxy) is 1. The van der Waals surface area contributed by atoms with E-state index < -0.39 is 0 Å². The lowest BCUT2D eigenvalue weighted by atomic mass is 10.2. The molecule has 4 rings (SSSR count). The van der Waals surface area contributed by atoms with Crippen LogP contribution in [0.4, 0.5) is 5.69 Å². The number of aromatic nitrogens is 2. The predicted molar refractivity (Wildman–Crippen MR) is 107 cm³/mol. The van der Waals surface area contributed by atoms with Crippen LogP contribution in [0.5, 0.6) is 11.5 Å². The van der Waals surface area contributed by atoms with Gasteiger partial charge in [0.25, 0.3) is 5.56 Å². The minimum Gasteiger partial charge on any atom is -0.457 e. The standard InChI is InChI=1S/C22H19N3O2/c1-24(16-17-15-22(26)25-14-6-5-9-21(25)23-17)18-10-12-20(13-11-18)27-19-7-3-2-4-8-19/h2-15H,16H2,1H3. The van der Waals surface area contributed by atoms with Gasteiger partial charge in [-0.3, -0.25) is 9.20 Å². The fourth-order valence-electron chi connectivity index (χ4n) is 2.91. The topological polar surface area (TPSA) is 46.8 Å². The molecule has 0 aliphatic rings. The molecule has 2 aromatic heterocycles. The van der Waals surface area contributed by atoms with Gasteiger partial charge in [0.05, 0.1) is 12.2 Å². The molecule has 0 aliphatic heterocycles. The van der Waals surface area contributed by atoms with Crippen molar-refractivity contribution in [2.45, 2.75) is 6.54 Å². The van der Waals surface area contributed by atoms with Crippen LogP contribution in [0, 0.1) is 0 Å². The molecule has 0 radical (unpaired) electrons. The lowest BCUT2D eigenvalue weighted by molar-refractivity contribution is 0.482. The van der Waals surface area contributed by atoms with Crippen molar-refractivity contribution in [2.24, 2.45) is 0 Å². The summed E-state index contributed by atoms with van der Waals surface area (Å²) in [6, 6.07) is 24.6. The van der Waals surface area contributed by atoms with E-state index >= 15 is 0 Å². The van der Waals surface area contributed by atoms with E-state index in [-0.39, 0.29) is 5.56 Å². The second-order valence-electron chi connectivity index (χ2n) is 6.28. The summed E-state index contributed by atoms with van der Waals surface area (Å²) in [6.07, 6.45) is 1.73. The van der Waals surface area contributed by atoms with Crippen LogP contribution in [0.15, 0.2) is 89.9 Å². The number of rotatable bonds is 5. The zero-order chi connectivity index (χ0) is 18.6. The van der Waals surface area contributed by atoms with Crippen LogP contribution < -0.4 is 15.2 Å². The minimum absolute atomic E-state index is 0.0735. The van der Waals surface area contributed by atoms with E-state index in [1.54, 1.807) is 16.7 Å². The summed E-state index contributed by atoms with van der Waals surface area (Å²) in [5.41, 5.74) is 2.33. The van der Waals surface area contributed by atoms with Crippen molar-refractivity contribution in [1.82, 2.24) is 9.38 Å². The average Bonchev–Trinajstić information content (AvgIpc) is 2.69. The van der Waals surface area contributed by atoms with Crippen LogP contribution in [-0.2, 0) is 6.54 Å². The third kappa shape index (κ3) is 3.82. The first-order chi connectivity index (χ1) is 13.2. The molecule has 0 aliphatic carbocycles. The first-order valence-electron chi connectivity index (χ1n) is 8.70. The van der Waals surface area contributed by atoms with E-state index in [4.69, 9.17) is 4.74 Å². The molecule has 134 valence electrons. The van der Waals surface area contributed by atoms with E-state index in [9.17, 15) is 4.79 Å². The van der Waals surface area contributed by atoms with E-state index in [0.717, 1.165) is 22.9 Å². The van der Waals surface area contributed by atoms with Crippen LogP contribution in [0.2, 0.25) is 0 Å². The molecule has 5 heteroatoms. The molecule has 0 bridgehead atoms. The van der Waals surface area contributed by atoms with Gasteiger partial charge in [-0.15, -0.1) is 0 Å². The SMILES string of the molecule is CN(Cc1cc(=O)n2ccccc2n1)c1ccc(Oc2ccccc2)cc1. The van der Waals surface area contributed by atoms with Crippen LogP contribution in [-0.4, -0.2) is 16.4 Å². The third-order valence-corrected chi connectivity index (χ3v) is 4.28. The van der Waals surface area contributed by atoms with Gasteiger partial charge in [0.15, 0.2) is 0 Å². The van der Waals surface area contributed by atoms with Crippen molar-refractivity contribution in [3.05, 3.63) is 101 Å². The Balaban J connectivity index is 1.50. The summed E-state index contributed by atoms with van der Waals surface area (Å²) < 4.78 is 7.36. The predicted octanol–water partition coefficient (Wildman–Crippen LogP) is 4.12. The molecule has 27 heavy (non-hydrogen) atoms. The molecule has 0 saturated carbocycles. The van der Waals surface area contributed by atoms with Crippen molar-refractivity contribution in [1.29, 1.82) is 0 Å². The quantitative estimate of drug-likeness (QED) is 0.539. The maximum Gasteiger partial charge on any atom is 0.258 e. The summed E-state index contributed by atoms with van der Waals surface area (Å²) in [5, 5.41) is 0. The van der Waals surface area contributed by atoms with Crippen molar-refractivity contribution in [3.8, 4) is 11.5 Å². The van der Waals surface area contributed by atoms with Crippen LogP contribution in [0.3, 0.4) is 0 Å². The van der Waals surface area contributed by atoms with Crippen molar-refractivity contribution in [2.75, 3.05) is 11.9 Å². The Bertz CT molecular complexity index is 1110. The molecule has 0 spiro atoms. The highest BCUT2D eigenvalue weighted by molar-refractivity contribution is 5.49. The van der Waals surface area contributed by atoms with Gasteiger partial charge in [-0.05, 0) is 48.5 Å². The van der Waals surface area contributed by atoms with Gasteiger partial charge in [-0.2, -0.15) is 0 Å². The minimum atomic E-state index is -0.0735. The number of nitrogens with zero attached hydrogens (tertiary/aromatic N) is 3. The first kappa shape index (κ1) is 16.8. The summed E-state index contributed by atoms with van der Waals surface area (Å²) in [7, 11) is 1.97. The van der Waals surface area contributed by atoms with Gasteiger partial charge >= 0.3 is 0 Å². The molecule has 0 fully saturated rings. The molecular formula is C22H19N3O2. The van der Waals surface area contributed by atoms with Gasteiger partial charge in [0.1, 0.15) is 17.1 Å². The Morgan fingerprint density at radius 1 is 0.926 bits per heavy atom. The maximum atomic E-state index is 12.2. The number of benzene rings is 2. The molecular weight excluding hydrogens is 338 g/mol. The van der Waals surface area contributed by atoms with E-state index in [1.807, 2.05) is 84.7 Å². The Morgan fingerprint density at radius 2 is 1.63 bits per heavy atom. The summed E-state index contributed by atoms with van der Waals surface area (Å²) >= 11 is 0. The second-order valence-corrected chi connectivity index (χ2v) is 6.28. The van der Waals surface area contributed by atoms with Crippen molar-refractivity contribution >= 4 is 11.3 Å². The highest BCUT2D eigenvalue weighted by Crippen LogP contribution is 2.24. The number of fused-ring (bicyclic) bond motifs is 1. The number of hydrogen-bond donors (Lipinski definition) is 0. The zero-order valence-corrected chi connectivity index (χ0v) is 14.9. The Labute approximate surface area is 157 Å². The fraction of sp³-hybridized carbons (Fsp3) is 0.0909. The van der Waals surface area contributed by atoms with E-state index in [2.05, 4.69) is 4.98 Å². The Kier molecular flexibility index (Phi) is 4.58. The van der Waals surface area contributed by atoms with Crippen molar-refractivity contribution in [3.63, 3.8) is 0 Å².